The number of rotatable bonds is 5. The van der Waals surface area contributed by atoms with Crippen molar-refractivity contribution in [2.24, 2.45) is 0 Å². The van der Waals surface area contributed by atoms with Crippen LogP contribution < -0.4 is 5.32 Å². The minimum Gasteiger partial charge on any atom is -0.462 e. The van der Waals surface area contributed by atoms with Gasteiger partial charge in [0.05, 0.1) is 12.2 Å². The summed E-state index contributed by atoms with van der Waals surface area (Å²) in [5, 5.41) is 3.11. The van der Waals surface area contributed by atoms with Crippen LogP contribution in [0.2, 0.25) is 0 Å². The van der Waals surface area contributed by atoms with E-state index < -0.39 is 0 Å². The number of esters is 1. The molecule has 1 aromatic heterocycles. The summed E-state index contributed by atoms with van der Waals surface area (Å²) in [4.78, 5) is 24.1. The third-order valence-electron chi connectivity index (χ3n) is 4.34. The number of aromatic nitrogens is 1. The van der Waals surface area contributed by atoms with Crippen molar-refractivity contribution < 1.29 is 14.3 Å². The van der Waals surface area contributed by atoms with Crippen molar-refractivity contribution in [2.75, 3.05) is 6.61 Å². The summed E-state index contributed by atoms with van der Waals surface area (Å²) in [6, 6.07) is 2.10. The first-order valence-corrected chi connectivity index (χ1v) is 8.16. The summed E-state index contributed by atoms with van der Waals surface area (Å²) < 4.78 is 6.93. The molecule has 1 saturated carbocycles. The molecule has 22 heavy (non-hydrogen) atoms. The maximum Gasteiger partial charge on any atom is 0.339 e. The molecule has 0 aliphatic heterocycles. The SMILES string of the molecule is CCOC(=O)c1cc(C)n(CC(=O)NC2CCCCC2)c1C. The van der Waals surface area contributed by atoms with Gasteiger partial charge in [0.1, 0.15) is 6.54 Å². The summed E-state index contributed by atoms with van der Waals surface area (Å²) in [5.41, 5.74) is 2.24. The molecule has 0 saturated heterocycles. The van der Waals surface area contributed by atoms with Gasteiger partial charge in [0, 0.05) is 17.4 Å². The van der Waals surface area contributed by atoms with Crippen molar-refractivity contribution >= 4 is 11.9 Å². The van der Waals surface area contributed by atoms with E-state index in [9.17, 15) is 9.59 Å². The Bertz CT molecular complexity index is 542. The number of aryl methyl sites for hydroxylation is 1. The van der Waals surface area contributed by atoms with Crippen LogP contribution in [0.3, 0.4) is 0 Å². The predicted molar refractivity (Wildman–Crippen MR) is 84.9 cm³/mol. The number of nitrogens with one attached hydrogen (secondary N) is 1. The smallest absolute Gasteiger partial charge is 0.339 e. The fourth-order valence-corrected chi connectivity index (χ4v) is 3.12. The molecule has 0 bridgehead atoms. The zero-order valence-electron chi connectivity index (χ0n) is 13.8. The van der Waals surface area contributed by atoms with Crippen molar-refractivity contribution in [1.29, 1.82) is 0 Å². The second kappa shape index (κ2) is 7.47. The van der Waals surface area contributed by atoms with E-state index in [1.165, 1.54) is 19.3 Å². The molecule has 1 heterocycles. The molecule has 0 spiro atoms. The van der Waals surface area contributed by atoms with E-state index >= 15 is 0 Å². The zero-order chi connectivity index (χ0) is 16.1. The fourth-order valence-electron chi connectivity index (χ4n) is 3.12. The molecule has 122 valence electrons. The highest BCUT2D eigenvalue weighted by Crippen LogP contribution is 2.18. The molecule has 2 rings (SSSR count). The lowest BCUT2D eigenvalue weighted by Crippen LogP contribution is -2.38. The van der Waals surface area contributed by atoms with E-state index in [1.54, 1.807) is 13.0 Å². The van der Waals surface area contributed by atoms with Crippen LogP contribution in [0, 0.1) is 13.8 Å². The van der Waals surface area contributed by atoms with Crippen LogP contribution in [0.4, 0.5) is 0 Å². The molecule has 5 heteroatoms. The molecule has 1 N–H and O–H groups in total. The van der Waals surface area contributed by atoms with E-state index in [1.807, 2.05) is 18.4 Å². The lowest BCUT2D eigenvalue weighted by Gasteiger charge is -2.23. The van der Waals surface area contributed by atoms with Crippen LogP contribution in [-0.4, -0.2) is 29.1 Å². The molecule has 0 atom stereocenters. The van der Waals surface area contributed by atoms with Gasteiger partial charge in [-0.3, -0.25) is 4.79 Å². The Kier molecular flexibility index (Phi) is 5.63. The molecule has 5 nitrogen and oxygen atoms in total. The van der Waals surface area contributed by atoms with Crippen molar-refractivity contribution in [2.45, 2.75) is 65.5 Å². The van der Waals surface area contributed by atoms with Gasteiger partial charge in [-0.2, -0.15) is 0 Å². The quantitative estimate of drug-likeness (QED) is 0.851. The summed E-state index contributed by atoms with van der Waals surface area (Å²) in [7, 11) is 0. The number of hydrogen-bond donors (Lipinski definition) is 1. The second-order valence-electron chi connectivity index (χ2n) is 5.99. The minimum absolute atomic E-state index is 0.0177. The van der Waals surface area contributed by atoms with E-state index in [4.69, 9.17) is 4.74 Å². The molecule has 0 radical (unpaired) electrons. The molecular formula is C17H26N2O3. The van der Waals surface area contributed by atoms with Crippen LogP contribution in [0.5, 0.6) is 0 Å². The average Bonchev–Trinajstić information content (AvgIpc) is 2.77. The van der Waals surface area contributed by atoms with Crippen LogP contribution in [0.15, 0.2) is 6.07 Å². The van der Waals surface area contributed by atoms with E-state index in [0.717, 1.165) is 24.2 Å². The van der Waals surface area contributed by atoms with E-state index in [-0.39, 0.29) is 18.4 Å². The Morgan fingerprint density at radius 3 is 2.59 bits per heavy atom. The summed E-state index contributed by atoms with van der Waals surface area (Å²) in [5.74, 6) is -0.307. The molecule has 1 aromatic rings. The molecule has 1 fully saturated rings. The third kappa shape index (κ3) is 3.90. The Balaban J connectivity index is 2.02. The number of carbonyl (C=O) groups excluding carboxylic acids is 2. The van der Waals surface area contributed by atoms with Gasteiger partial charge in [-0.15, -0.1) is 0 Å². The Hall–Kier alpha value is -1.78. The zero-order valence-corrected chi connectivity index (χ0v) is 13.8. The van der Waals surface area contributed by atoms with Crippen LogP contribution in [-0.2, 0) is 16.1 Å². The van der Waals surface area contributed by atoms with Crippen molar-refractivity contribution in [3.05, 3.63) is 23.0 Å². The van der Waals surface area contributed by atoms with Gasteiger partial charge < -0.3 is 14.6 Å². The van der Waals surface area contributed by atoms with E-state index in [2.05, 4.69) is 5.32 Å². The van der Waals surface area contributed by atoms with Gasteiger partial charge in [-0.05, 0) is 39.7 Å². The van der Waals surface area contributed by atoms with Gasteiger partial charge in [-0.25, -0.2) is 4.79 Å². The summed E-state index contributed by atoms with van der Waals surface area (Å²) in [6.07, 6.45) is 5.80. The topological polar surface area (TPSA) is 60.3 Å². The number of ether oxygens (including phenoxy) is 1. The van der Waals surface area contributed by atoms with Gasteiger partial charge in [0.2, 0.25) is 5.91 Å². The molecule has 0 aromatic carbocycles. The van der Waals surface area contributed by atoms with E-state index in [0.29, 0.717) is 18.2 Å². The first kappa shape index (κ1) is 16.6. The third-order valence-corrected chi connectivity index (χ3v) is 4.34. The Morgan fingerprint density at radius 1 is 1.27 bits per heavy atom. The molecule has 1 aliphatic carbocycles. The molecule has 1 aliphatic rings. The minimum atomic E-state index is -0.325. The standard InChI is InChI=1S/C17H26N2O3/c1-4-22-17(21)15-10-12(2)19(13(15)3)11-16(20)18-14-8-6-5-7-9-14/h10,14H,4-9,11H2,1-3H3,(H,18,20). The lowest BCUT2D eigenvalue weighted by atomic mass is 9.95. The number of hydrogen-bond acceptors (Lipinski definition) is 3. The largest absolute Gasteiger partial charge is 0.462 e. The highest BCUT2D eigenvalue weighted by molar-refractivity contribution is 5.91. The number of nitrogens with zero attached hydrogens (tertiary/aromatic N) is 1. The average molecular weight is 306 g/mol. The first-order chi connectivity index (χ1) is 10.5. The monoisotopic (exact) mass is 306 g/mol. The maximum absolute atomic E-state index is 12.2. The first-order valence-electron chi connectivity index (χ1n) is 8.16. The highest BCUT2D eigenvalue weighted by Gasteiger charge is 2.20. The summed E-state index contributed by atoms with van der Waals surface area (Å²) in [6.45, 7) is 6.16. The van der Waals surface area contributed by atoms with Gasteiger partial charge in [-0.1, -0.05) is 19.3 Å². The van der Waals surface area contributed by atoms with Crippen LogP contribution >= 0.6 is 0 Å². The Labute approximate surface area is 132 Å². The number of amides is 1. The van der Waals surface area contributed by atoms with Gasteiger partial charge >= 0.3 is 5.97 Å². The maximum atomic E-state index is 12.2. The van der Waals surface area contributed by atoms with Gasteiger partial charge in [0.15, 0.2) is 0 Å². The van der Waals surface area contributed by atoms with Crippen molar-refractivity contribution in [3.63, 3.8) is 0 Å². The second-order valence-corrected chi connectivity index (χ2v) is 5.99. The summed E-state index contributed by atoms with van der Waals surface area (Å²) >= 11 is 0. The normalized spacial score (nSPS) is 15.6. The molecular weight excluding hydrogens is 280 g/mol. The fraction of sp³-hybridized carbons (Fsp3) is 0.647. The molecule has 1 amide bonds. The predicted octanol–water partition coefficient (Wildman–Crippen LogP) is 2.73. The van der Waals surface area contributed by atoms with Crippen molar-refractivity contribution in [1.82, 2.24) is 9.88 Å². The number of carbonyl (C=O) groups is 2. The van der Waals surface area contributed by atoms with Crippen LogP contribution in [0.25, 0.3) is 0 Å². The van der Waals surface area contributed by atoms with Crippen molar-refractivity contribution in [3.8, 4) is 0 Å². The highest BCUT2D eigenvalue weighted by atomic mass is 16.5. The molecule has 0 unspecified atom stereocenters. The lowest BCUT2D eigenvalue weighted by molar-refractivity contribution is -0.122. The van der Waals surface area contributed by atoms with Crippen LogP contribution in [0.1, 0.15) is 60.8 Å². The van der Waals surface area contributed by atoms with Gasteiger partial charge in [0.25, 0.3) is 0 Å². The Morgan fingerprint density at radius 2 is 1.95 bits per heavy atom.